The van der Waals surface area contributed by atoms with Crippen LogP contribution in [0.15, 0.2) is 47.2 Å². The topological polar surface area (TPSA) is 12.9 Å². The average molecular weight is 320 g/mol. The van der Waals surface area contributed by atoms with Crippen LogP contribution < -0.4 is 0 Å². The number of benzene rings is 1. The Morgan fingerprint density at radius 2 is 1.74 bits per heavy atom. The first-order valence-electron chi connectivity index (χ1n) is 6.59. The van der Waals surface area contributed by atoms with Gasteiger partial charge >= 0.3 is 0 Å². The van der Waals surface area contributed by atoms with Gasteiger partial charge in [0.05, 0.1) is 0 Å². The Bertz CT molecular complexity index is 574. The molecule has 1 fully saturated rings. The molecule has 1 aromatic carbocycles. The van der Waals surface area contributed by atoms with Gasteiger partial charge in [-0.15, -0.1) is 0 Å². The molecule has 1 saturated carbocycles. The van der Waals surface area contributed by atoms with Crippen molar-refractivity contribution in [2.45, 2.75) is 31.1 Å². The zero-order valence-corrected chi connectivity index (χ0v) is 12.2. The van der Waals surface area contributed by atoms with Crippen LogP contribution in [0.2, 0.25) is 0 Å². The summed E-state index contributed by atoms with van der Waals surface area (Å²) < 4.78 is 14.1. The van der Waals surface area contributed by atoms with E-state index < -0.39 is 0 Å². The lowest BCUT2D eigenvalue weighted by Crippen LogP contribution is -2.24. The summed E-state index contributed by atoms with van der Waals surface area (Å²) in [6.07, 6.45) is 6.41. The van der Waals surface area contributed by atoms with Crippen LogP contribution in [0.3, 0.4) is 0 Å². The average Bonchev–Trinajstić information content (AvgIpc) is 2.90. The summed E-state index contributed by atoms with van der Waals surface area (Å²) in [5, 5.41) is 0. The molecule has 3 rings (SSSR count). The summed E-state index contributed by atoms with van der Waals surface area (Å²) in [4.78, 5) is 4.35. The second kappa shape index (κ2) is 5.04. The van der Waals surface area contributed by atoms with Crippen molar-refractivity contribution in [3.05, 3.63) is 64.1 Å². The quantitative estimate of drug-likeness (QED) is 0.721. The molecule has 0 unspecified atom stereocenters. The fourth-order valence-electron chi connectivity index (χ4n) is 3.20. The number of nitrogens with zero attached hydrogens (tertiary/aromatic N) is 1. The maximum absolute atomic E-state index is 13.2. The van der Waals surface area contributed by atoms with Crippen molar-refractivity contribution in [1.29, 1.82) is 0 Å². The number of rotatable bonds is 2. The van der Waals surface area contributed by atoms with Gasteiger partial charge in [0.2, 0.25) is 0 Å². The molecule has 0 bridgehead atoms. The molecule has 1 heterocycles. The molecule has 0 aliphatic heterocycles. The van der Waals surface area contributed by atoms with Crippen molar-refractivity contribution in [3.8, 4) is 0 Å². The summed E-state index contributed by atoms with van der Waals surface area (Å²) in [5.41, 5.74) is 2.40. The normalized spacial score (nSPS) is 17.6. The molecule has 0 N–H and O–H groups in total. The maximum atomic E-state index is 13.2. The number of aromatic nitrogens is 1. The van der Waals surface area contributed by atoms with Crippen LogP contribution in [0.4, 0.5) is 4.39 Å². The third-order valence-electron chi connectivity index (χ3n) is 4.13. The smallest absolute Gasteiger partial charge is 0.123 e. The highest BCUT2D eigenvalue weighted by atomic mass is 79.9. The van der Waals surface area contributed by atoms with Gasteiger partial charge in [-0.2, -0.15) is 0 Å². The van der Waals surface area contributed by atoms with Crippen molar-refractivity contribution in [2.24, 2.45) is 0 Å². The molecule has 1 aliphatic carbocycles. The van der Waals surface area contributed by atoms with E-state index in [0.29, 0.717) is 0 Å². The molecule has 1 aliphatic rings. The minimum absolute atomic E-state index is 0.0131. The minimum Gasteiger partial charge on any atom is -0.249 e. The molecular weight excluding hydrogens is 305 g/mol. The Morgan fingerprint density at radius 1 is 1.05 bits per heavy atom. The van der Waals surface area contributed by atoms with Crippen LogP contribution in [0.1, 0.15) is 36.8 Å². The lowest BCUT2D eigenvalue weighted by molar-refractivity contribution is 0.527. The van der Waals surface area contributed by atoms with E-state index in [1.807, 2.05) is 18.2 Å². The highest BCUT2D eigenvalue weighted by molar-refractivity contribution is 9.10. The van der Waals surface area contributed by atoms with E-state index in [-0.39, 0.29) is 11.2 Å². The zero-order valence-electron chi connectivity index (χ0n) is 10.6. The molecule has 1 aromatic heterocycles. The van der Waals surface area contributed by atoms with E-state index in [1.54, 1.807) is 18.3 Å². The molecule has 98 valence electrons. The fraction of sp³-hybridized carbons (Fsp3) is 0.312. The monoisotopic (exact) mass is 319 g/mol. The number of halogens is 2. The summed E-state index contributed by atoms with van der Waals surface area (Å²) in [6, 6.07) is 11.1. The van der Waals surface area contributed by atoms with Crippen LogP contribution in [0.25, 0.3) is 0 Å². The lowest BCUT2D eigenvalue weighted by atomic mass is 9.74. The molecule has 0 saturated heterocycles. The van der Waals surface area contributed by atoms with Crippen LogP contribution in [-0.2, 0) is 5.41 Å². The predicted octanol–water partition coefficient (Wildman–Crippen LogP) is 4.84. The van der Waals surface area contributed by atoms with Gasteiger partial charge in [-0.1, -0.05) is 31.0 Å². The Kier molecular flexibility index (Phi) is 3.40. The van der Waals surface area contributed by atoms with Crippen LogP contribution in [0, 0.1) is 5.82 Å². The van der Waals surface area contributed by atoms with Gasteiger partial charge in [0.25, 0.3) is 0 Å². The van der Waals surface area contributed by atoms with E-state index in [9.17, 15) is 4.39 Å². The molecule has 0 atom stereocenters. The van der Waals surface area contributed by atoms with Gasteiger partial charge in [0, 0.05) is 11.6 Å². The van der Waals surface area contributed by atoms with Crippen molar-refractivity contribution >= 4 is 15.9 Å². The van der Waals surface area contributed by atoms with Crippen molar-refractivity contribution in [1.82, 2.24) is 4.98 Å². The van der Waals surface area contributed by atoms with Crippen molar-refractivity contribution in [3.63, 3.8) is 0 Å². The third kappa shape index (κ3) is 2.20. The Hall–Kier alpha value is -1.22. The summed E-state index contributed by atoms with van der Waals surface area (Å²) in [7, 11) is 0. The van der Waals surface area contributed by atoms with Gasteiger partial charge in [-0.05, 0) is 58.1 Å². The van der Waals surface area contributed by atoms with Crippen LogP contribution >= 0.6 is 15.9 Å². The third-order valence-corrected chi connectivity index (χ3v) is 4.76. The summed E-state index contributed by atoms with van der Waals surface area (Å²) in [6.45, 7) is 0. The highest BCUT2D eigenvalue weighted by Gasteiger charge is 2.38. The Balaban J connectivity index is 2.14. The fourth-order valence-corrected chi connectivity index (χ4v) is 3.83. The van der Waals surface area contributed by atoms with E-state index in [0.717, 1.165) is 17.4 Å². The second-order valence-electron chi connectivity index (χ2n) is 5.14. The Labute approximate surface area is 121 Å². The summed E-state index contributed by atoms with van der Waals surface area (Å²) >= 11 is 3.57. The standard InChI is InChI=1S/C16H15BrFN/c17-15-14(4-3-11-19-15)16(9-1-2-10-16)12-5-7-13(18)8-6-12/h3-8,11H,1-2,9-10H2. The molecule has 3 heteroatoms. The molecule has 2 aromatic rings. The van der Waals surface area contributed by atoms with E-state index >= 15 is 0 Å². The SMILES string of the molecule is Fc1ccc(C2(c3cccnc3Br)CCCC2)cc1. The van der Waals surface area contributed by atoms with E-state index in [4.69, 9.17) is 0 Å². The predicted molar refractivity (Wildman–Crippen MR) is 77.6 cm³/mol. The molecule has 0 spiro atoms. The van der Waals surface area contributed by atoms with Gasteiger partial charge in [0.15, 0.2) is 0 Å². The van der Waals surface area contributed by atoms with Gasteiger partial charge in [0.1, 0.15) is 10.4 Å². The van der Waals surface area contributed by atoms with Crippen LogP contribution in [0.5, 0.6) is 0 Å². The number of pyridine rings is 1. The first-order valence-corrected chi connectivity index (χ1v) is 7.39. The maximum Gasteiger partial charge on any atom is 0.123 e. The van der Waals surface area contributed by atoms with E-state index in [2.05, 4.69) is 27.0 Å². The Morgan fingerprint density at radius 3 is 2.37 bits per heavy atom. The molecule has 0 radical (unpaired) electrons. The van der Waals surface area contributed by atoms with Crippen molar-refractivity contribution < 1.29 is 4.39 Å². The lowest BCUT2D eigenvalue weighted by Gasteiger charge is -2.31. The van der Waals surface area contributed by atoms with Gasteiger partial charge < -0.3 is 0 Å². The van der Waals surface area contributed by atoms with Gasteiger partial charge in [-0.3, -0.25) is 0 Å². The van der Waals surface area contributed by atoms with Crippen LogP contribution in [-0.4, -0.2) is 4.98 Å². The molecule has 1 nitrogen and oxygen atoms in total. The van der Waals surface area contributed by atoms with E-state index in [1.165, 1.54) is 24.0 Å². The highest BCUT2D eigenvalue weighted by Crippen LogP contribution is 2.48. The largest absolute Gasteiger partial charge is 0.249 e. The molecular formula is C16H15BrFN. The number of hydrogen-bond acceptors (Lipinski definition) is 1. The van der Waals surface area contributed by atoms with Gasteiger partial charge in [-0.25, -0.2) is 9.37 Å². The van der Waals surface area contributed by atoms with Crippen molar-refractivity contribution in [2.75, 3.05) is 0 Å². The zero-order chi connectivity index (χ0) is 13.3. The second-order valence-corrected chi connectivity index (χ2v) is 5.89. The first kappa shape index (κ1) is 12.8. The summed E-state index contributed by atoms with van der Waals surface area (Å²) in [5.74, 6) is -0.179. The minimum atomic E-state index is -0.179. The number of hydrogen-bond donors (Lipinski definition) is 0. The molecule has 0 amide bonds. The molecule has 19 heavy (non-hydrogen) atoms. The first-order chi connectivity index (χ1) is 9.22.